The summed E-state index contributed by atoms with van der Waals surface area (Å²) in [6, 6.07) is 7.66. The minimum Gasteiger partial charge on any atom is -0.486 e. The average Bonchev–Trinajstić information content (AvgIpc) is 2.99. The van der Waals surface area contributed by atoms with Gasteiger partial charge in [-0.3, -0.25) is 9.48 Å². The van der Waals surface area contributed by atoms with Gasteiger partial charge in [0.15, 0.2) is 17.6 Å². The molecular weight excluding hydrogens is 318 g/mol. The first kappa shape index (κ1) is 17.3. The van der Waals surface area contributed by atoms with E-state index in [0.29, 0.717) is 18.7 Å². The second-order valence-electron chi connectivity index (χ2n) is 6.53. The van der Waals surface area contributed by atoms with Gasteiger partial charge in [-0.1, -0.05) is 12.1 Å². The number of hydrogen-bond donors (Lipinski definition) is 0. The van der Waals surface area contributed by atoms with E-state index < -0.39 is 0 Å². The van der Waals surface area contributed by atoms with Gasteiger partial charge in [0.05, 0.1) is 17.8 Å². The predicted octanol–water partition coefficient (Wildman–Crippen LogP) is 2.90. The van der Waals surface area contributed by atoms with Crippen LogP contribution in [0.2, 0.25) is 0 Å². The normalized spacial score (nSPS) is 16.1. The molecule has 1 aromatic heterocycles. The zero-order chi connectivity index (χ0) is 18.0. The van der Waals surface area contributed by atoms with Crippen LogP contribution in [-0.2, 0) is 6.54 Å². The van der Waals surface area contributed by atoms with Crippen LogP contribution in [0.4, 0.5) is 0 Å². The molecule has 1 aromatic carbocycles. The molecule has 1 aliphatic rings. The van der Waals surface area contributed by atoms with Crippen LogP contribution < -0.4 is 9.47 Å². The smallest absolute Gasteiger partial charge is 0.257 e. The van der Waals surface area contributed by atoms with E-state index in [1.54, 1.807) is 4.68 Å². The van der Waals surface area contributed by atoms with Gasteiger partial charge in [-0.15, -0.1) is 0 Å². The number of ether oxygens (including phenoxy) is 2. The summed E-state index contributed by atoms with van der Waals surface area (Å²) in [5.41, 5.74) is 1.40. The Hall–Kier alpha value is -2.50. The topological polar surface area (TPSA) is 56.6 Å². The lowest BCUT2D eigenvalue weighted by atomic mass is 10.1. The molecule has 134 valence electrons. The number of carbonyl (C=O) groups is 1. The summed E-state index contributed by atoms with van der Waals surface area (Å²) in [5, 5.41) is 4.38. The molecule has 0 spiro atoms. The van der Waals surface area contributed by atoms with Crippen molar-refractivity contribution in [3.8, 4) is 11.5 Å². The summed E-state index contributed by atoms with van der Waals surface area (Å²) in [4.78, 5) is 14.9. The Labute approximate surface area is 148 Å². The highest BCUT2D eigenvalue weighted by Crippen LogP contribution is 2.31. The largest absolute Gasteiger partial charge is 0.486 e. The molecule has 0 radical (unpaired) electrons. The van der Waals surface area contributed by atoms with Gasteiger partial charge in [0.25, 0.3) is 5.91 Å². The van der Waals surface area contributed by atoms with Crippen molar-refractivity contribution in [3.63, 3.8) is 0 Å². The lowest BCUT2D eigenvalue weighted by Gasteiger charge is -2.33. The first-order valence-corrected chi connectivity index (χ1v) is 8.73. The fraction of sp³-hybridized carbons (Fsp3) is 0.474. The van der Waals surface area contributed by atoms with Gasteiger partial charge >= 0.3 is 0 Å². The van der Waals surface area contributed by atoms with Crippen molar-refractivity contribution >= 4 is 5.91 Å². The molecule has 3 rings (SSSR count). The zero-order valence-corrected chi connectivity index (χ0v) is 15.2. The molecular formula is C19H25N3O3. The summed E-state index contributed by atoms with van der Waals surface area (Å²) >= 11 is 0. The quantitative estimate of drug-likeness (QED) is 0.838. The minimum atomic E-state index is -0.192. The van der Waals surface area contributed by atoms with Crippen molar-refractivity contribution in [1.82, 2.24) is 14.7 Å². The van der Waals surface area contributed by atoms with E-state index in [4.69, 9.17) is 9.47 Å². The molecule has 6 nitrogen and oxygen atoms in total. The van der Waals surface area contributed by atoms with E-state index >= 15 is 0 Å². The monoisotopic (exact) mass is 343 g/mol. The van der Waals surface area contributed by atoms with Gasteiger partial charge in [0.1, 0.15) is 6.61 Å². The van der Waals surface area contributed by atoms with E-state index in [0.717, 1.165) is 23.7 Å². The van der Waals surface area contributed by atoms with Crippen LogP contribution >= 0.6 is 0 Å². The highest BCUT2D eigenvalue weighted by atomic mass is 16.6. The number of rotatable bonds is 5. The van der Waals surface area contributed by atoms with Crippen LogP contribution in [0, 0.1) is 6.92 Å². The fourth-order valence-electron chi connectivity index (χ4n) is 2.95. The first-order chi connectivity index (χ1) is 12.0. The third-order valence-electron chi connectivity index (χ3n) is 4.35. The van der Waals surface area contributed by atoms with E-state index in [9.17, 15) is 4.79 Å². The van der Waals surface area contributed by atoms with Crippen molar-refractivity contribution in [1.29, 1.82) is 0 Å². The molecule has 2 heterocycles. The van der Waals surface area contributed by atoms with Crippen LogP contribution in [0.5, 0.6) is 11.5 Å². The number of nitrogens with zero attached hydrogens (tertiary/aromatic N) is 3. The molecule has 0 N–H and O–H groups in total. The van der Waals surface area contributed by atoms with Crippen LogP contribution in [0.1, 0.15) is 36.8 Å². The van der Waals surface area contributed by atoms with E-state index in [2.05, 4.69) is 5.10 Å². The van der Waals surface area contributed by atoms with Crippen LogP contribution in [0.3, 0.4) is 0 Å². The predicted molar refractivity (Wildman–Crippen MR) is 95.2 cm³/mol. The summed E-state index contributed by atoms with van der Waals surface area (Å²) < 4.78 is 13.6. The Bertz CT molecular complexity index is 754. The molecule has 0 aliphatic carbocycles. The molecule has 1 atom stereocenters. The third-order valence-corrected chi connectivity index (χ3v) is 4.35. The van der Waals surface area contributed by atoms with Crippen molar-refractivity contribution in [2.75, 3.05) is 13.2 Å². The lowest BCUT2D eigenvalue weighted by molar-refractivity contribution is 0.0392. The Morgan fingerprint density at radius 2 is 2.08 bits per heavy atom. The second-order valence-corrected chi connectivity index (χ2v) is 6.53. The first-order valence-electron chi connectivity index (χ1n) is 8.73. The number of aromatic nitrogens is 2. The van der Waals surface area contributed by atoms with E-state index in [1.165, 1.54) is 0 Å². The molecule has 0 bridgehead atoms. The van der Waals surface area contributed by atoms with Gasteiger partial charge in [-0.25, -0.2) is 0 Å². The molecule has 0 saturated heterocycles. The molecule has 2 aromatic rings. The average molecular weight is 343 g/mol. The fourth-order valence-corrected chi connectivity index (χ4v) is 2.95. The Morgan fingerprint density at radius 1 is 1.36 bits per heavy atom. The number of fused-ring (bicyclic) bond motifs is 1. The molecule has 25 heavy (non-hydrogen) atoms. The van der Waals surface area contributed by atoms with E-state index in [1.807, 2.05) is 63.1 Å². The summed E-state index contributed by atoms with van der Waals surface area (Å²) in [6.07, 6.45) is 1.63. The molecule has 1 aliphatic heterocycles. The molecule has 1 amide bonds. The van der Waals surface area contributed by atoms with Gasteiger partial charge in [0.2, 0.25) is 0 Å². The summed E-state index contributed by atoms with van der Waals surface area (Å²) in [6.45, 7) is 9.54. The van der Waals surface area contributed by atoms with Gasteiger partial charge < -0.3 is 14.4 Å². The lowest BCUT2D eigenvalue weighted by Crippen LogP contribution is -2.46. The van der Waals surface area contributed by atoms with Gasteiger partial charge in [0, 0.05) is 18.8 Å². The Balaban J connectivity index is 1.76. The molecule has 6 heteroatoms. The maximum absolute atomic E-state index is 13.0. The summed E-state index contributed by atoms with van der Waals surface area (Å²) in [5.74, 6) is 1.46. The molecule has 0 saturated carbocycles. The van der Waals surface area contributed by atoms with Crippen molar-refractivity contribution in [2.45, 2.75) is 46.4 Å². The Kier molecular flexibility index (Phi) is 4.97. The van der Waals surface area contributed by atoms with Crippen LogP contribution in [0.25, 0.3) is 0 Å². The van der Waals surface area contributed by atoms with Crippen LogP contribution in [0.15, 0.2) is 30.5 Å². The summed E-state index contributed by atoms with van der Waals surface area (Å²) in [7, 11) is 0. The van der Waals surface area contributed by atoms with Gasteiger partial charge in [-0.2, -0.15) is 5.10 Å². The highest BCUT2D eigenvalue weighted by molar-refractivity contribution is 5.95. The number of hydrogen-bond acceptors (Lipinski definition) is 4. The molecule has 0 unspecified atom stereocenters. The maximum Gasteiger partial charge on any atom is 0.257 e. The standard InChI is InChI=1S/C19H25N3O3/c1-5-21-11-16(14(4)20-21)19(23)22(13(2)3)10-15-12-24-17-8-6-7-9-18(17)25-15/h6-9,11,13,15H,5,10,12H2,1-4H3/t15-/m0/s1. The zero-order valence-electron chi connectivity index (χ0n) is 15.2. The number of carbonyl (C=O) groups excluding carboxylic acids is 1. The number of benzene rings is 1. The number of para-hydroxylation sites is 2. The second kappa shape index (κ2) is 7.17. The third kappa shape index (κ3) is 3.62. The maximum atomic E-state index is 13.0. The van der Waals surface area contributed by atoms with E-state index in [-0.39, 0.29) is 18.1 Å². The molecule has 0 fully saturated rings. The SMILES string of the molecule is CCn1cc(C(=O)N(C[C@H]2COc3ccccc3O2)C(C)C)c(C)n1. The van der Waals surface area contributed by atoms with Crippen molar-refractivity contribution < 1.29 is 14.3 Å². The van der Waals surface area contributed by atoms with Crippen molar-refractivity contribution in [3.05, 3.63) is 41.7 Å². The van der Waals surface area contributed by atoms with Crippen molar-refractivity contribution in [2.24, 2.45) is 0 Å². The highest BCUT2D eigenvalue weighted by Gasteiger charge is 2.29. The van der Waals surface area contributed by atoms with Gasteiger partial charge in [-0.05, 0) is 39.8 Å². The number of amides is 1. The van der Waals surface area contributed by atoms with Crippen LogP contribution in [-0.4, -0.2) is 45.9 Å². The number of aryl methyl sites for hydroxylation is 2. The minimum absolute atomic E-state index is 0.0188. The Morgan fingerprint density at radius 3 is 2.72 bits per heavy atom.